The van der Waals surface area contributed by atoms with Gasteiger partial charge in [-0.3, -0.25) is 0 Å². The van der Waals surface area contributed by atoms with Gasteiger partial charge in [-0.1, -0.05) is 30.3 Å². The lowest BCUT2D eigenvalue weighted by Crippen LogP contribution is -2.13. The first-order chi connectivity index (χ1) is 10.8. The van der Waals surface area contributed by atoms with E-state index < -0.39 is 12.3 Å². The molecule has 0 spiro atoms. The van der Waals surface area contributed by atoms with Crippen LogP contribution in [0.5, 0.6) is 0 Å². The molecule has 0 aliphatic carbocycles. The molecule has 2 aromatic rings. The zero-order valence-electron chi connectivity index (χ0n) is 11.7. The highest BCUT2D eigenvalue weighted by Crippen LogP contribution is 2.28. The molecule has 0 radical (unpaired) electrons. The topological polar surface area (TPSA) is 63.9 Å². The lowest BCUT2D eigenvalue weighted by Gasteiger charge is -2.13. The Balaban J connectivity index is 1.59. The molecule has 0 saturated carbocycles. The maximum atomic E-state index is 13.2. The number of rotatable bonds is 5. The second kappa shape index (κ2) is 6.74. The van der Waals surface area contributed by atoms with E-state index in [1.807, 2.05) is 30.3 Å². The molecule has 2 atom stereocenters. The summed E-state index contributed by atoms with van der Waals surface area (Å²) in [5.74, 6) is -0.401. The summed E-state index contributed by atoms with van der Waals surface area (Å²) in [7, 11) is 0. The average molecular weight is 302 g/mol. The summed E-state index contributed by atoms with van der Waals surface area (Å²) < 4.78 is 29.8. The van der Waals surface area contributed by atoms with Gasteiger partial charge in [0.15, 0.2) is 0 Å². The number of nitrogens with zero attached hydrogens (tertiary/aromatic N) is 1. The quantitative estimate of drug-likeness (QED) is 0.846. The monoisotopic (exact) mass is 302 g/mol. The summed E-state index contributed by atoms with van der Waals surface area (Å²) in [6.07, 6.45) is -0.181. The van der Waals surface area contributed by atoms with Crippen molar-refractivity contribution in [3.8, 4) is 0 Å². The van der Waals surface area contributed by atoms with E-state index >= 15 is 0 Å². The van der Waals surface area contributed by atoms with E-state index in [1.54, 1.807) is 0 Å². The van der Waals surface area contributed by atoms with Crippen molar-refractivity contribution in [1.29, 1.82) is 5.53 Å². The number of hydrogen-bond donors (Lipinski definition) is 1. The smallest absolute Gasteiger partial charge is 0.272 e. The molecule has 114 valence electrons. The maximum Gasteiger partial charge on any atom is 0.272 e. The van der Waals surface area contributed by atoms with Gasteiger partial charge < -0.3 is 14.2 Å². The van der Waals surface area contributed by atoms with E-state index in [9.17, 15) is 4.39 Å². The van der Waals surface area contributed by atoms with Gasteiger partial charge >= 0.3 is 0 Å². The molecule has 1 heterocycles. The summed E-state index contributed by atoms with van der Waals surface area (Å²) in [6.45, 7) is -0.359. The normalized spacial score (nSPS) is 21.0. The second-order valence-electron chi connectivity index (χ2n) is 4.85. The van der Waals surface area contributed by atoms with E-state index in [2.05, 4.69) is 5.11 Å². The van der Waals surface area contributed by atoms with Gasteiger partial charge in [-0.05, 0) is 23.8 Å². The predicted molar refractivity (Wildman–Crippen MR) is 76.0 cm³/mol. The molecule has 2 unspecified atom stereocenters. The van der Waals surface area contributed by atoms with Gasteiger partial charge in [0.2, 0.25) is 0 Å². The van der Waals surface area contributed by atoms with E-state index in [-0.39, 0.29) is 12.7 Å². The molecule has 6 heteroatoms. The van der Waals surface area contributed by atoms with Crippen molar-refractivity contribution < 1.29 is 18.6 Å². The van der Waals surface area contributed by atoms with Gasteiger partial charge in [-0.15, -0.1) is 0 Å². The van der Waals surface area contributed by atoms with Crippen molar-refractivity contribution in [2.24, 2.45) is 5.11 Å². The Morgan fingerprint density at radius 2 is 2.05 bits per heavy atom. The zero-order valence-corrected chi connectivity index (χ0v) is 11.7. The predicted octanol–water partition coefficient (Wildman–Crippen LogP) is 4.08. The number of hydrogen-bond acceptors (Lipinski definition) is 5. The SMILES string of the molecule is N=Nc1ccc(F)cc1COC1OCC(c2ccccc2)O1. The number of nitrogens with one attached hydrogen (secondary N) is 1. The molecule has 0 aromatic heterocycles. The van der Waals surface area contributed by atoms with Crippen LogP contribution in [-0.4, -0.2) is 13.1 Å². The summed E-state index contributed by atoms with van der Waals surface area (Å²) >= 11 is 0. The minimum absolute atomic E-state index is 0.0572. The first-order valence-corrected chi connectivity index (χ1v) is 6.86. The van der Waals surface area contributed by atoms with Gasteiger partial charge in [-0.25, -0.2) is 9.92 Å². The molecule has 0 amide bonds. The minimum Gasteiger partial charge on any atom is -0.327 e. The Kier molecular flexibility index (Phi) is 4.53. The summed E-state index contributed by atoms with van der Waals surface area (Å²) in [4.78, 5) is 0. The number of ether oxygens (including phenoxy) is 3. The van der Waals surface area contributed by atoms with Crippen LogP contribution in [0.25, 0.3) is 0 Å². The lowest BCUT2D eigenvalue weighted by molar-refractivity contribution is -0.243. The van der Waals surface area contributed by atoms with E-state index in [0.29, 0.717) is 17.9 Å². The fraction of sp³-hybridized carbons (Fsp3) is 0.250. The van der Waals surface area contributed by atoms with Crippen molar-refractivity contribution in [3.05, 3.63) is 65.5 Å². The Morgan fingerprint density at radius 1 is 1.23 bits per heavy atom. The van der Waals surface area contributed by atoms with Crippen LogP contribution < -0.4 is 0 Å². The van der Waals surface area contributed by atoms with Crippen LogP contribution in [0.4, 0.5) is 10.1 Å². The van der Waals surface area contributed by atoms with Crippen LogP contribution in [0.3, 0.4) is 0 Å². The molecule has 1 saturated heterocycles. The fourth-order valence-electron chi connectivity index (χ4n) is 2.25. The van der Waals surface area contributed by atoms with Crippen LogP contribution in [0.2, 0.25) is 0 Å². The van der Waals surface area contributed by atoms with Gasteiger partial charge in [0.1, 0.15) is 11.9 Å². The molecular weight excluding hydrogens is 287 g/mol. The van der Waals surface area contributed by atoms with E-state index in [1.165, 1.54) is 18.2 Å². The number of halogens is 1. The van der Waals surface area contributed by atoms with Crippen LogP contribution >= 0.6 is 0 Å². The highest BCUT2D eigenvalue weighted by Gasteiger charge is 2.28. The van der Waals surface area contributed by atoms with Crippen LogP contribution in [-0.2, 0) is 20.8 Å². The maximum absolute atomic E-state index is 13.2. The van der Waals surface area contributed by atoms with Crippen molar-refractivity contribution >= 4 is 5.69 Å². The Hall–Kier alpha value is -2.15. The van der Waals surface area contributed by atoms with Gasteiger partial charge in [0.05, 0.1) is 18.9 Å². The Bertz CT molecular complexity index is 651. The van der Waals surface area contributed by atoms with Gasteiger partial charge in [0.25, 0.3) is 6.48 Å². The highest BCUT2D eigenvalue weighted by molar-refractivity contribution is 5.44. The standard InChI is InChI=1S/C16H15FN2O3/c17-13-6-7-14(19-18)12(8-13)9-20-16-21-10-15(22-16)11-4-2-1-3-5-11/h1-8,15-16,18H,9-10H2. The van der Waals surface area contributed by atoms with Crippen molar-refractivity contribution in [2.45, 2.75) is 19.2 Å². The van der Waals surface area contributed by atoms with Gasteiger partial charge in [0, 0.05) is 5.56 Å². The van der Waals surface area contributed by atoms with Crippen molar-refractivity contribution in [1.82, 2.24) is 0 Å². The third-order valence-corrected chi connectivity index (χ3v) is 3.37. The van der Waals surface area contributed by atoms with Crippen LogP contribution in [0.15, 0.2) is 53.6 Å². The molecule has 22 heavy (non-hydrogen) atoms. The molecule has 2 aromatic carbocycles. The Morgan fingerprint density at radius 3 is 2.82 bits per heavy atom. The zero-order chi connectivity index (χ0) is 15.4. The number of benzene rings is 2. The van der Waals surface area contributed by atoms with Crippen molar-refractivity contribution in [2.75, 3.05) is 6.61 Å². The molecule has 0 bridgehead atoms. The van der Waals surface area contributed by atoms with Crippen LogP contribution in [0.1, 0.15) is 17.2 Å². The van der Waals surface area contributed by atoms with Gasteiger partial charge in [-0.2, -0.15) is 5.11 Å². The van der Waals surface area contributed by atoms with E-state index in [4.69, 9.17) is 19.7 Å². The highest BCUT2D eigenvalue weighted by atomic mass is 19.1. The molecular formula is C16H15FN2O3. The largest absolute Gasteiger partial charge is 0.327 e. The lowest BCUT2D eigenvalue weighted by atomic mass is 10.1. The van der Waals surface area contributed by atoms with Crippen LogP contribution in [0, 0.1) is 11.3 Å². The fourth-order valence-corrected chi connectivity index (χ4v) is 2.25. The third-order valence-electron chi connectivity index (χ3n) is 3.37. The summed E-state index contributed by atoms with van der Waals surface area (Å²) in [6, 6.07) is 13.7. The van der Waals surface area contributed by atoms with Crippen molar-refractivity contribution in [3.63, 3.8) is 0 Å². The molecule has 1 aliphatic heterocycles. The second-order valence-corrected chi connectivity index (χ2v) is 4.85. The molecule has 5 nitrogen and oxygen atoms in total. The third kappa shape index (κ3) is 3.36. The molecule has 1 N–H and O–H groups in total. The first kappa shape index (κ1) is 14.8. The summed E-state index contributed by atoms with van der Waals surface area (Å²) in [5.41, 5.74) is 8.92. The molecule has 3 rings (SSSR count). The molecule has 1 aliphatic rings. The molecule has 1 fully saturated rings. The minimum atomic E-state index is -0.813. The first-order valence-electron chi connectivity index (χ1n) is 6.86. The van der Waals surface area contributed by atoms with E-state index in [0.717, 1.165) is 5.56 Å². The summed E-state index contributed by atoms with van der Waals surface area (Å²) in [5, 5.41) is 3.34. The average Bonchev–Trinajstić information content (AvgIpc) is 3.03. The Labute approximate surface area is 127 Å².